The Morgan fingerprint density at radius 2 is 1.94 bits per heavy atom. The number of aryl methyl sites for hydroxylation is 1. The first-order valence-corrected chi connectivity index (χ1v) is 10.4. The molecule has 4 rings (SSSR count). The van der Waals surface area contributed by atoms with Gasteiger partial charge in [0, 0.05) is 34.8 Å². The SMILES string of the molecule is Cc1nscc1C1(CN)C(=O)NC(=O)N1C(=O)c1ccccc1-c1ccc(C(F)(F)F)nc1. The number of aromatic nitrogens is 2. The summed E-state index contributed by atoms with van der Waals surface area (Å²) in [5.41, 5.74) is 4.27. The summed E-state index contributed by atoms with van der Waals surface area (Å²) in [5.74, 6) is -1.61. The number of rotatable bonds is 4. The van der Waals surface area contributed by atoms with Crippen molar-refractivity contribution >= 4 is 29.4 Å². The maximum Gasteiger partial charge on any atom is 0.433 e. The highest BCUT2D eigenvalue weighted by Crippen LogP contribution is 2.38. The van der Waals surface area contributed by atoms with E-state index >= 15 is 0 Å². The van der Waals surface area contributed by atoms with E-state index in [4.69, 9.17) is 5.73 Å². The number of alkyl halides is 3. The third-order valence-electron chi connectivity index (χ3n) is 5.40. The Labute approximate surface area is 189 Å². The zero-order valence-corrected chi connectivity index (χ0v) is 17.8. The molecule has 0 spiro atoms. The highest BCUT2D eigenvalue weighted by Gasteiger charge is 2.57. The van der Waals surface area contributed by atoms with Crippen molar-refractivity contribution < 1.29 is 27.6 Å². The van der Waals surface area contributed by atoms with Crippen LogP contribution in [0.15, 0.2) is 48.0 Å². The molecule has 8 nitrogen and oxygen atoms in total. The molecule has 1 aliphatic heterocycles. The molecule has 0 radical (unpaired) electrons. The number of benzene rings is 1. The number of carbonyl (C=O) groups is 3. The van der Waals surface area contributed by atoms with Gasteiger partial charge in [-0.3, -0.25) is 19.9 Å². The Morgan fingerprint density at radius 3 is 2.52 bits per heavy atom. The molecule has 0 saturated carbocycles. The number of nitrogens with two attached hydrogens (primary N) is 1. The van der Waals surface area contributed by atoms with Crippen LogP contribution in [0.3, 0.4) is 0 Å². The third kappa shape index (κ3) is 3.56. The smallest absolute Gasteiger partial charge is 0.327 e. The van der Waals surface area contributed by atoms with Gasteiger partial charge in [0.25, 0.3) is 11.8 Å². The molecule has 3 heterocycles. The second-order valence-corrected chi connectivity index (χ2v) is 7.88. The van der Waals surface area contributed by atoms with Crippen LogP contribution in [0.1, 0.15) is 27.3 Å². The van der Waals surface area contributed by atoms with E-state index in [9.17, 15) is 27.6 Å². The van der Waals surface area contributed by atoms with Crippen LogP contribution in [-0.2, 0) is 16.5 Å². The monoisotopic (exact) mass is 475 g/mol. The van der Waals surface area contributed by atoms with Crippen molar-refractivity contribution in [3.8, 4) is 11.1 Å². The molecule has 3 N–H and O–H groups in total. The van der Waals surface area contributed by atoms with Gasteiger partial charge < -0.3 is 5.73 Å². The molecule has 1 unspecified atom stereocenters. The van der Waals surface area contributed by atoms with Crippen molar-refractivity contribution in [2.45, 2.75) is 18.6 Å². The van der Waals surface area contributed by atoms with Gasteiger partial charge in [0.2, 0.25) is 0 Å². The van der Waals surface area contributed by atoms with Gasteiger partial charge in [0.1, 0.15) is 5.69 Å². The molecule has 3 aromatic rings. The van der Waals surface area contributed by atoms with Crippen LogP contribution in [0.4, 0.5) is 18.0 Å². The van der Waals surface area contributed by atoms with Crippen molar-refractivity contribution in [1.29, 1.82) is 0 Å². The van der Waals surface area contributed by atoms with Crippen molar-refractivity contribution in [2.75, 3.05) is 6.54 Å². The van der Waals surface area contributed by atoms with Gasteiger partial charge in [0.15, 0.2) is 5.54 Å². The Bertz CT molecular complexity index is 1260. The van der Waals surface area contributed by atoms with E-state index in [0.717, 1.165) is 28.7 Å². The number of nitrogens with zero attached hydrogens (tertiary/aromatic N) is 3. The number of hydrogen-bond acceptors (Lipinski definition) is 7. The molecule has 1 aliphatic rings. The predicted octanol–water partition coefficient (Wildman–Crippen LogP) is 3.08. The maximum atomic E-state index is 13.6. The van der Waals surface area contributed by atoms with Gasteiger partial charge in [-0.2, -0.15) is 17.5 Å². The van der Waals surface area contributed by atoms with Gasteiger partial charge in [-0.05, 0) is 36.2 Å². The minimum atomic E-state index is -4.62. The lowest BCUT2D eigenvalue weighted by Gasteiger charge is -2.33. The molecule has 1 atom stereocenters. The van der Waals surface area contributed by atoms with Crippen molar-refractivity contribution in [2.24, 2.45) is 5.73 Å². The first kappa shape index (κ1) is 22.6. The van der Waals surface area contributed by atoms with Gasteiger partial charge in [-0.15, -0.1) is 0 Å². The maximum absolute atomic E-state index is 13.6. The fraction of sp³-hybridized carbons (Fsp3) is 0.190. The Balaban J connectivity index is 1.82. The molecule has 4 amide bonds. The van der Waals surface area contributed by atoms with E-state index in [2.05, 4.69) is 14.7 Å². The van der Waals surface area contributed by atoms with E-state index in [1.165, 1.54) is 24.3 Å². The van der Waals surface area contributed by atoms with Crippen LogP contribution >= 0.6 is 11.5 Å². The molecular formula is C21H16F3N5O3S. The van der Waals surface area contributed by atoms with Crippen LogP contribution in [0, 0.1) is 6.92 Å². The second kappa shape index (κ2) is 8.05. The molecular weight excluding hydrogens is 459 g/mol. The fourth-order valence-corrected chi connectivity index (χ4v) is 4.57. The molecule has 1 aromatic carbocycles. The minimum Gasteiger partial charge on any atom is -0.327 e. The number of urea groups is 1. The number of hydrogen-bond donors (Lipinski definition) is 2. The molecule has 33 heavy (non-hydrogen) atoms. The first-order chi connectivity index (χ1) is 15.6. The second-order valence-electron chi connectivity index (χ2n) is 7.25. The highest BCUT2D eigenvalue weighted by atomic mass is 32.1. The average molecular weight is 475 g/mol. The lowest BCUT2D eigenvalue weighted by molar-refractivity contribution is -0.141. The molecule has 2 aromatic heterocycles. The average Bonchev–Trinajstić information content (AvgIpc) is 3.32. The van der Waals surface area contributed by atoms with Crippen molar-refractivity contribution in [3.63, 3.8) is 0 Å². The van der Waals surface area contributed by atoms with Crippen LogP contribution in [0.2, 0.25) is 0 Å². The lowest BCUT2D eigenvalue weighted by atomic mass is 9.88. The summed E-state index contributed by atoms with van der Waals surface area (Å²) in [7, 11) is 0. The number of nitrogens with one attached hydrogen (secondary N) is 1. The number of amides is 4. The summed E-state index contributed by atoms with van der Waals surface area (Å²) in [5, 5.41) is 3.69. The zero-order chi connectivity index (χ0) is 24.0. The van der Waals surface area contributed by atoms with Crippen molar-refractivity contribution in [3.05, 3.63) is 70.5 Å². The number of carbonyl (C=O) groups excluding carboxylic acids is 3. The summed E-state index contributed by atoms with van der Waals surface area (Å²) in [6, 6.07) is 7.06. The normalized spacial score (nSPS) is 18.5. The first-order valence-electron chi connectivity index (χ1n) is 9.55. The Kier molecular flexibility index (Phi) is 5.50. The number of imide groups is 2. The summed E-state index contributed by atoms with van der Waals surface area (Å²) >= 11 is 1.05. The fourth-order valence-electron chi connectivity index (χ4n) is 3.79. The molecule has 1 fully saturated rings. The van der Waals surface area contributed by atoms with Crippen molar-refractivity contribution in [1.82, 2.24) is 19.6 Å². The Morgan fingerprint density at radius 1 is 1.21 bits per heavy atom. The van der Waals surface area contributed by atoms with Gasteiger partial charge in [0.05, 0.1) is 5.69 Å². The topological polar surface area (TPSA) is 118 Å². The van der Waals surface area contributed by atoms with E-state index in [0.29, 0.717) is 11.3 Å². The summed E-state index contributed by atoms with van der Waals surface area (Å²) in [4.78, 5) is 43.5. The van der Waals surface area contributed by atoms with E-state index in [-0.39, 0.29) is 23.2 Å². The van der Waals surface area contributed by atoms with Gasteiger partial charge in [-0.1, -0.05) is 24.3 Å². The van der Waals surface area contributed by atoms with Crippen LogP contribution in [0.25, 0.3) is 11.1 Å². The highest BCUT2D eigenvalue weighted by molar-refractivity contribution is 7.03. The zero-order valence-electron chi connectivity index (χ0n) is 17.0. The summed E-state index contributed by atoms with van der Waals surface area (Å²) in [6.07, 6.45) is -3.62. The number of pyridine rings is 1. The Hall–Kier alpha value is -3.64. The molecule has 12 heteroatoms. The summed E-state index contributed by atoms with van der Waals surface area (Å²) < 4.78 is 42.8. The van der Waals surface area contributed by atoms with Crippen LogP contribution in [0.5, 0.6) is 0 Å². The standard InChI is InChI=1S/C21H16F3N5O3S/c1-11-15(9-33-28-11)20(10-25)18(31)27-19(32)29(20)17(30)14-5-3-2-4-13(14)12-6-7-16(26-8-12)21(22,23)24/h2-9H,10,25H2,1H3,(H,27,31,32). The molecule has 0 bridgehead atoms. The molecule has 0 aliphatic carbocycles. The predicted molar refractivity (Wildman–Crippen MR) is 112 cm³/mol. The molecule has 170 valence electrons. The molecule has 1 saturated heterocycles. The van der Waals surface area contributed by atoms with E-state index in [1.807, 2.05) is 0 Å². The number of halogens is 3. The van der Waals surface area contributed by atoms with Crippen LogP contribution < -0.4 is 11.1 Å². The lowest BCUT2D eigenvalue weighted by Crippen LogP contribution is -2.54. The summed E-state index contributed by atoms with van der Waals surface area (Å²) in [6.45, 7) is 1.24. The quantitative estimate of drug-likeness (QED) is 0.560. The minimum absolute atomic E-state index is 0.0115. The van der Waals surface area contributed by atoms with Gasteiger partial charge >= 0.3 is 12.2 Å². The van der Waals surface area contributed by atoms with E-state index < -0.39 is 35.3 Å². The van der Waals surface area contributed by atoms with Gasteiger partial charge in [-0.25, -0.2) is 9.69 Å². The largest absolute Gasteiger partial charge is 0.433 e. The third-order valence-corrected chi connectivity index (χ3v) is 6.12. The van der Waals surface area contributed by atoms with Crippen LogP contribution in [-0.4, -0.2) is 38.6 Å². The van der Waals surface area contributed by atoms with E-state index in [1.54, 1.807) is 18.4 Å².